The number of hydrogen-bond donors (Lipinski definition) is 1. The van der Waals surface area contributed by atoms with E-state index < -0.39 is 10.2 Å². The van der Waals surface area contributed by atoms with Crippen molar-refractivity contribution >= 4 is 10.2 Å². The maximum absolute atomic E-state index is 11.7. The van der Waals surface area contributed by atoms with Crippen LogP contribution in [-0.2, 0) is 10.2 Å². The van der Waals surface area contributed by atoms with Crippen molar-refractivity contribution in [3.8, 4) is 0 Å². The lowest BCUT2D eigenvalue weighted by atomic mass is 10.3. The largest absolute Gasteiger partial charge is 0.314 e. The standard InChI is InChI=1S/C7H17N3O2S/c1-7-6-8-4-5-10(7)13(11,12)9(2)3/h7-8H,4-6H2,1-3H3/t7-/m0/s1. The minimum absolute atomic E-state index is 0.0427. The molecule has 0 unspecified atom stereocenters. The van der Waals surface area contributed by atoms with Gasteiger partial charge in [-0.3, -0.25) is 0 Å². The van der Waals surface area contributed by atoms with Gasteiger partial charge in [0.15, 0.2) is 0 Å². The summed E-state index contributed by atoms with van der Waals surface area (Å²) in [6.07, 6.45) is 0. The molecule has 1 fully saturated rings. The highest BCUT2D eigenvalue weighted by molar-refractivity contribution is 7.86. The molecule has 1 aliphatic heterocycles. The number of nitrogens with zero attached hydrogens (tertiary/aromatic N) is 2. The Morgan fingerprint density at radius 2 is 2.08 bits per heavy atom. The number of piperazine rings is 1. The van der Waals surface area contributed by atoms with Gasteiger partial charge in [0.1, 0.15) is 0 Å². The molecule has 0 saturated carbocycles. The molecule has 0 aromatic carbocycles. The van der Waals surface area contributed by atoms with Crippen LogP contribution in [0.3, 0.4) is 0 Å². The van der Waals surface area contributed by atoms with Crippen LogP contribution in [0.5, 0.6) is 0 Å². The molecule has 1 N–H and O–H groups in total. The Bertz CT molecular complexity index is 263. The van der Waals surface area contributed by atoms with E-state index in [0.29, 0.717) is 6.54 Å². The average molecular weight is 207 g/mol. The van der Waals surface area contributed by atoms with E-state index in [4.69, 9.17) is 0 Å². The van der Waals surface area contributed by atoms with Crippen LogP contribution in [-0.4, -0.2) is 56.8 Å². The predicted molar refractivity (Wildman–Crippen MR) is 51.6 cm³/mol. The lowest BCUT2D eigenvalue weighted by molar-refractivity contribution is 0.268. The van der Waals surface area contributed by atoms with Crippen molar-refractivity contribution in [2.75, 3.05) is 33.7 Å². The van der Waals surface area contributed by atoms with Crippen LogP contribution in [0, 0.1) is 0 Å². The molecule has 1 rings (SSSR count). The van der Waals surface area contributed by atoms with Crippen molar-refractivity contribution < 1.29 is 8.42 Å². The second-order valence-corrected chi connectivity index (χ2v) is 5.55. The Morgan fingerprint density at radius 3 is 2.54 bits per heavy atom. The fourth-order valence-corrected chi connectivity index (χ4v) is 2.65. The molecular weight excluding hydrogens is 190 g/mol. The molecule has 78 valence electrons. The highest BCUT2D eigenvalue weighted by Gasteiger charge is 2.30. The van der Waals surface area contributed by atoms with Crippen LogP contribution in [0.2, 0.25) is 0 Å². The van der Waals surface area contributed by atoms with Crippen LogP contribution < -0.4 is 5.32 Å². The third-order valence-corrected chi connectivity index (χ3v) is 4.26. The number of hydrogen-bond acceptors (Lipinski definition) is 3. The summed E-state index contributed by atoms with van der Waals surface area (Å²) in [4.78, 5) is 0. The summed E-state index contributed by atoms with van der Waals surface area (Å²) in [7, 11) is -0.103. The number of nitrogens with one attached hydrogen (secondary N) is 1. The van der Waals surface area contributed by atoms with Gasteiger partial charge in [0.2, 0.25) is 0 Å². The highest BCUT2D eigenvalue weighted by atomic mass is 32.2. The van der Waals surface area contributed by atoms with E-state index in [1.54, 1.807) is 14.1 Å². The molecule has 5 nitrogen and oxygen atoms in total. The van der Waals surface area contributed by atoms with Crippen molar-refractivity contribution in [3.63, 3.8) is 0 Å². The molecule has 13 heavy (non-hydrogen) atoms. The highest BCUT2D eigenvalue weighted by Crippen LogP contribution is 2.10. The first-order chi connectivity index (χ1) is 5.96. The van der Waals surface area contributed by atoms with Crippen LogP contribution in [0.15, 0.2) is 0 Å². The van der Waals surface area contributed by atoms with Crippen molar-refractivity contribution in [2.24, 2.45) is 0 Å². The van der Waals surface area contributed by atoms with Gasteiger partial charge in [-0.25, -0.2) is 0 Å². The zero-order valence-corrected chi connectivity index (χ0v) is 9.13. The van der Waals surface area contributed by atoms with Gasteiger partial charge in [-0.05, 0) is 6.92 Å². The Labute approximate surface area is 79.9 Å². The Hall–Kier alpha value is -0.170. The summed E-state index contributed by atoms with van der Waals surface area (Å²) < 4.78 is 26.2. The van der Waals surface area contributed by atoms with E-state index in [0.717, 1.165) is 13.1 Å². The quantitative estimate of drug-likeness (QED) is 0.637. The van der Waals surface area contributed by atoms with E-state index in [1.807, 2.05) is 6.92 Å². The second kappa shape index (κ2) is 3.91. The predicted octanol–water partition coefficient (Wildman–Crippen LogP) is -0.913. The lowest BCUT2D eigenvalue weighted by Gasteiger charge is -2.34. The first kappa shape index (κ1) is 10.9. The van der Waals surface area contributed by atoms with E-state index in [9.17, 15) is 8.42 Å². The van der Waals surface area contributed by atoms with Gasteiger partial charge in [-0.1, -0.05) is 0 Å². The van der Waals surface area contributed by atoms with Crippen molar-refractivity contribution in [1.29, 1.82) is 0 Å². The van der Waals surface area contributed by atoms with E-state index >= 15 is 0 Å². The Kier molecular flexibility index (Phi) is 3.28. The summed E-state index contributed by atoms with van der Waals surface area (Å²) in [5.41, 5.74) is 0. The molecule has 0 aromatic heterocycles. The Morgan fingerprint density at radius 1 is 1.46 bits per heavy atom. The van der Waals surface area contributed by atoms with Gasteiger partial charge >= 0.3 is 0 Å². The molecule has 0 aromatic rings. The third kappa shape index (κ3) is 2.19. The van der Waals surface area contributed by atoms with Gasteiger partial charge in [-0.15, -0.1) is 0 Å². The molecule has 0 bridgehead atoms. The minimum Gasteiger partial charge on any atom is -0.314 e. The van der Waals surface area contributed by atoms with Crippen molar-refractivity contribution in [3.05, 3.63) is 0 Å². The summed E-state index contributed by atoms with van der Waals surface area (Å²) in [6, 6.07) is 0.0427. The SMILES string of the molecule is C[C@H]1CNCCN1S(=O)(=O)N(C)C. The van der Waals surface area contributed by atoms with Crippen LogP contribution >= 0.6 is 0 Å². The molecule has 1 saturated heterocycles. The first-order valence-electron chi connectivity index (χ1n) is 4.36. The lowest BCUT2D eigenvalue weighted by Crippen LogP contribution is -2.54. The summed E-state index contributed by atoms with van der Waals surface area (Å²) in [6.45, 7) is 3.93. The van der Waals surface area contributed by atoms with Crippen molar-refractivity contribution in [1.82, 2.24) is 13.9 Å². The molecule has 1 atom stereocenters. The van der Waals surface area contributed by atoms with Gasteiger partial charge < -0.3 is 5.32 Å². The third-order valence-electron chi connectivity index (χ3n) is 2.20. The van der Waals surface area contributed by atoms with Gasteiger partial charge in [0.05, 0.1) is 0 Å². The molecule has 0 aliphatic carbocycles. The maximum Gasteiger partial charge on any atom is 0.281 e. The van der Waals surface area contributed by atoms with E-state index in [-0.39, 0.29) is 6.04 Å². The van der Waals surface area contributed by atoms with Gasteiger partial charge in [0, 0.05) is 39.8 Å². The molecule has 0 amide bonds. The zero-order chi connectivity index (χ0) is 10.1. The normalized spacial score (nSPS) is 26.6. The Balaban J connectivity index is 2.80. The molecule has 1 heterocycles. The molecule has 0 spiro atoms. The van der Waals surface area contributed by atoms with Gasteiger partial charge in [-0.2, -0.15) is 17.0 Å². The van der Waals surface area contributed by atoms with Crippen LogP contribution in [0.4, 0.5) is 0 Å². The van der Waals surface area contributed by atoms with Crippen LogP contribution in [0.1, 0.15) is 6.92 Å². The topological polar surface area (TPSA) is 52.7 Å². The molecular formula is C7H17N3O2S. The summed E-state index contributed by atoms with van der Waals surface area (Å²) in [5.74, 6) is 0. The second-order valence-electron chi connectivity index (χ2n) is 3.45. The van der Waals surface area contributed by atoms with Crippen molar-refractivity contribution in [2.45, 2.75) is 13.0 Å². The smallest absolute Gasteiger partial charge is 0.281 e. The fourth-order valence-electron chi connectivity index (χ4n) is 1.37. The van der Waals surface area contributed by atoms with Gasteiger partial charge in [0.25, 0.3) is 10.2 Å². The fraction of sp³-hybridized carbons (Fsp3) is 1.00. The molecule has 1 aliphatic rings. The summed E-state index contributed by atoms with van der Waals surface area (Å²) >= 11 is 0. The van der Waals surface area contributed by atoms with E-state index in [1.165, 1.54) is 8.61 Å². The first-order valence-corrected chi connectivity index (χ1v) is 5.76. The minimum atomic E-state index is -3.22. The molecule has 0 radical (unpaired) electrons. The van der Waals surface area contributed by atoms with Crippen LogP contribution in [0.25, 0.3) is 0 Å². The maximum atomic E-state index is 11.7. The van der Waals surface area contributed by atoms with E-state index in [2.05, 4.69) is 5.32 Å². The zero-order valence-electron chi connectivity index (χ0n) is 8.32. The molecule has 6 heteroatoms. The number of rotatable bonds is 2. The summed E-state index contributed by atoms with van der Waals surface area (Å²) in [5, 5.41) is 3.15. The average Bonchev–Trinajstić information content (AvgIpc) is 2.04. The monoisotopic (exact) mass is 207 g/mol.